The zero-order valence-corrected chi connectivity index (χ0v) is 10.8. The van der Waals surface area contributed by atoms with Gasteiger partial charge >= 0.3 is 0 Å². The third kappa shape index (κ3) is 2.59. The second kappa shape index (κ2) is 5.64. The van der Waals surface area contributed by atoms with Gasteiger partial charge in [0, 0.05) is 30.7 Å². The summed E-state index contributed by atoms with van der Waals surface area (Å²) < 4.78 is 26.9. The van der Waals surface area contributed by atoms with Crippen LogP contribution in [0.1, 0.15) is 17.3 Å². The Morgan fingerprint density at radius 3 is 2.50 bits per heavy atom. The first-order valence-corrected chi connectivity index (χ1v) is 6.01. The fourth-order valence-electron chi connectivity index (χ4n) is 1.84. The van der Waals surface area contributed by atoms with Gasteiger partial charge in [0.1, 0.15) is 11.6 Å². The molecule has 2 N–H and O–H groups in total. The maximum atomic E-state index is 13.7. The number of anilines is 2. The molecular weight excluding hydrogens is 264 g/mol. The highest BCUT2D eigenvalue weighted by Gasteiger charge is 2.21. The molecule has 2 aromatic rings. The molecular formula is C14H13F2N3O. The number of carbonyl (C=O) groups is 1. The molecule has 1 amide bonds. The Kier molecular flexibility index (Phi) is 3.93. The second-order valence-electron chi connectivity index (χ2n) is 4.11. The van der Waals surface area contributed by atoms with Crippen LogP contribution < -0.4 is 10.6 Å². The third-order valence-corrected chi connectivity index (χ3v) is 2.85. The van der Waals surface area contributed by atoms with Crippen LogP contribution in [0.25, 0.3) is 0 Å². The second-order valence-corrected chi connectivity index (χ2v) is 4.11. The molecule has 0 saturated heterocycles. The Balaban J connectivity index is 2.42. The summed E-state index contributed by atoms with van der Waals surface area (Å²) in [6.45, 7) is 2.09. The van der Waals surface area contributed by atoms with Gasteiger partial charge in [-0.25, -0.2) is 8.78 Å². The van der Waals surface area contributed by atoms with Crippen LogP contribution >= 0.6 is 0 Å². The van der Waals surface area contributed by atoms with Crippen LogP contribution in [0.15, 0.2) is 36.7 Å². The van der Waals surface area contributed by atoms with Crippen LogP contribution in [0.3, 0.4) is 0 Å². The van der Waals surface area contributed by atoms with Gasteiger partial charge in [0.25, 0.3) is 5.91 Å². The lowest BCUT2D eigenvalue weighted by Gasteiger charge is -2.21. The SMILES string of the molecule is CCN(C(=O)c1cc(N)c(F)cc1F)c1ccncc1. The van der Waals surface area contributed by atoms with E-state index in [0.29, 0.717) is 18.3 Å². The highest BCUT2D eigenvalue weighted by molar-refractivity contribution is 6.06. The Bertz CT molecular complexity index is 632. The lowest BCUT2D eigenvalue weighted by Crippen LogP contribution is -2.31. The number of benzene rings is 1. The summed E-state index contributed by atoms with van der Waals surface area (Å²) in [5.41, 5.74) is 5.44. The lowest BCUT2D eigenvalue weighted by atomic mass is 10.1. The zero-order valence-electron chi connectivity index (χ0n) is 10.8. The normalized spacial score (nSPS) is 10.3. The fraction of sp³-hybridized carbons (Fsp3) is 0.143. The van der Waals surface area contributed by atoms with E-state index in [9.17, 15) is 13.6 Å². The number of halogens is 2. The number of carbonyl (C=O) groups excluding carboxylic acids is 1. The molecule has 0 radical (unpaired) electrons. The quantitative estimate of drug-likeness (QED) is 0.877. The van der Waals surface area contributed by atoms with Crippen molar-refractivity contribution in [3.05, 3.63) is 53.9 Å². The third-order valence-electron chi connectivity index (χ3n) is 2.85. The Labute approximate surface area is 114 Å². The largest absolute Gasteiger partial charge is 0.396 e. The van der Waals surface area contributed by atoms with E-state index in [-0.39, 0.29) is 11.3 Å². The van der Waals surface area contributed by atoms with Crippen molar-refractivity contribution in [1.82, 2.24) is 4.98 Å². The van der Waals surface area contributed by atoms with E-state index in [2.05, 4.69) is 4.98 Å². The molecule has 0 spiro atoms. The van der Waals surface area contributed by atoms with E-state index in [1.807, 2.05) is 0 Å². The minimum absolute atomic E-state index is 0.262. The number of nitrogens with two attached hydrogens (primary N) is 1. The molecule has 0 atom stereocenters. The number of hydrogen-bond acceptors (Lipinski definition) is 3. The Morgan fingerprint density at radius 2 is 1.90 bits per heavy atom. The van der Waals surface area contributed by atoms with Gasteiger partial charge in [0.15, 0.2) is 0 Å². The van der Waals surface area contributed by atoms with E-state index in [1.165, 1.54) is 17.3 Å². The molecule has 0 aliphatic rings. The van der Waals surface area contributed by atoms with Gasteiger partial charge in [0.05, 0.1) is 11.3 Å². The van der Waals surface area contributed by atoms with Crippen molar-refractivity contribution in [2.45, 2.75) is 6.92 Å². The molecule has 0 saturated carbocycles. The monoisotopic (exact) mass is 277 g/mol. The highest BCUT2D eigenvalue weighted by Crippen LogP contribution is 2.21. The van der Waals surface area contributed by atoms with Gasteiger partial charge in [-0.1, -0.05) is 0 Å². The molecule has 1 heterocycles. The Hall–Kier alpha value is -2.50. The van der Waals surface area contributed by atoms with E-state index >= 15 is 0 Å². The molecule has 20 heavy (non-hydrogen) atoms. The molecule has 0 aliphatic carbocycles. The first-order chi connectivity index (χ1) is 9.54. The van der Waals surface area contributed by atoms with Gasteiger partial charge in [0.2, 0.25) is 0 Å². The first kappa shape index (κ1) is 13.9. The summed E-state index contributed by atoms with van der Waals surface area (Å²) in [7, 11) is 0. The number of nitrogen functional groups attached to an aromatic ring is 1. The first-order valence-electron chi connectivity index (χ1n) is 6.01. The van der Waals surface area contributed by atoms with E-state index in [0.717, 1.165) is 6.07 Å². The molecule has 0 unspecified atom stereocenters. The average molecular weight is 277 g/mol. The molecule has 0 aliphatic heterocycles. The Morgan fingerprint density at radius 1 is 1.25 bits per heavy atom. The van der Waals surface area contributed by atoms with Crippen LogP contribution in [0.4, 0.5) is 20.2 Å². The number of aromatic nitrogens is 1. The van der Waals surface area contributed by atoms with Gasteiger partial charge in [-0.3, -0.25) is 9.78 Å². The van der Waals surface area contributed by atoms with E-state index in [1.54, 1.807) is 19.1 Å². The lowest BCUT2D eigenvalue weighted by molar-refractivity contribution is 0.0984. The number of pyridine rings is 1. The topological polar surface area (TPSA) is 59.2 Å². The summed E-state index contributed by atoms with van der Waals surface area (Å²) in [6, 6.07) is 4.89. The molecule has 1 aromatic carbocycles. The van der Waals surface area contributed by atoms with Crippen molar-refractivity contribution in [3.8, 4) is 0 Å². The van der Waals surface area contributed by atoms with Crippen molar-refractivity contribution in [2.75, 3.05) is 17.2 Å². The predicted molar refractivity (Wildman–Crippen MR) is 72.4 cm³/mol. The smallest absolute Gasteiger partial charge is 0.261 e. The van der Waals surface area contributed by atoms with Gasteiger partial charge in [-0.05, 0) is 25.1 Å². The number of nitrogens with zero attached hydrogens (tertiary/aromatic N) is 2. The summed E-state index contributed by atoms with van der Waals surface area (Å²) in [4.78, 5) is 17.6. The van der Waals surface area contributed by atoms with Crippen LogP contribution in [-0.2, 0) is 0 Å². The van der Waals surface area contributed by atoms with Gasteiger partial charge < -0.3 is 10.6 Å². The molecule has 4 nitrogen and oxygen atoms in total. The minimum Gasteiger partial charge on any atom is -0.396 e. The summed E-state index contributed by atoms with van der Waals surface area (Å²) in [5, 5.41) is 0. The molecule has 2 rings (SSSR count). The molecule has 0 fully saturated rings. The van der Waals surface area contributed by atoms with Crippen molar-refractivity contribution in [2.24, 2.45) is 0 Å². The van der Waals surface area contributed by atoms with Crippen molar-refractivity contribution in [1.29, 1.82) is 0 Å². The van der Waals surface area contributed by atoms with Crippen LogP contribution in [0.5, 0.6) is 0 Å². The van der Waals surface area contributed by atoms with Crippen LogP contribution in [0, 0.1) is 11.6 Å². The zero-order chi connectivity index (χ0) is 14.7. The van der Waals surface area contributed by atoms with E-state index < -0.39 is 17.5 Å². The maximum absolute atomic E-state index is 13.7. The van der Waals surface area contributed by atoms with Crippen molar-refractivity contribution in [3.63, 3.8) is 0 Å². The average Bonchev–Trinajstić information content (AvgIpc) is 2.44. The minimum atomic E-state index is -0.936. The van der Waals surface area contributed by atoms with Gasteiger partial charge in [-0.15, -0.1) is 0 Å². The highest BCUT2D eigenvalue weighted by atomic mass is 19.1. The van der Waals surface area contributed by atoms with Crippen molar-refractivity contribution >= 4 is 17.3 Å². The molecule has 0 bridgehead atoms. The van der Waals surface area contributed by atoms with Crippen molar-refractivity contribution < 1.29 is 13.6 Å². The number of amides is 1. The fourth-order valence-corrected chi connectivity index (χ4v) is 1.84. The maximum Gasteiger partial charge on any atom is 0.261 e. The predicted octanol–water partition coefficient (Wildman–Crippen LogP) is 2.61. The van der Waals surface area contributed by atoms with E-state index in [4.69, 9.17) is 5.73 Å². The summed E-state index contributed by atoms with van der Waals surface area (Å²) in [6.07, 6.45) is 3.06. The summed E-state index contributed by atoms with van der Waals surface area (Å²) >= 11 is 0. The number of rotatable bonds is 3. The van der Waals surface area contributed by atoms with Gasteiger partial charge in [-0.2, -0.15) is 0 Å². The molecule has 6 heteroatoms. The number of hydrogen-bond donors (Lipinski definition) is 1. The molecule has 104 valence electrons. The molecule has 1 aromatic heterocycles. The summed E-state index contributed by atoms with van der Waals surface area (Å²) in [5.74, 6) is -2.40. The van der Waals surface area contributed by atoms with Crippen LogP contribution in [0.2, 0.25) is 0 Å². The van der Waals surface area contributed by atoms with Crippen LogP contribution in [-0.4, -0.2) is 17.4 Å². The standard InChI is InChI=1S/C14H13F2N3O/c1-2-19(9-3-5-18-6-4-9)14(20)10-7-13(17)12(16)8-11(10)15/h3-8H,2,17H2,1H3.